The molecule has 3 aromatic heterocycles. The zero-order valence-electron chi connectivity index (χ0n) is 18.3. The topological polar surface area (TPSA) is 170 Å². The number of rotatable bonds is 4. The molecule has 0 aliphatic heterocycles. The van der Waals surface area contributed by atoms with Gasteiger partial charge in [0.1, 0.15) is 11.8 Å². The minimum absolute atomic E-state index is 0.104. The first-order chi connectivity index (χ1) is 16.5. The molecular formula is C20H21F3N8O4. The largest absolute Gasteiger partial charge is 0.490 e. The number of halogens is 3. The first-order valence-corrected chi connectivity index (χ1v) is 10.3. The predicted octanol–water partition coefficient (Wildman–Crippen LogP) is 1.94. The van der Waals surface area contributed by atoms with Gasteiger partial charge < -0.3 is 20.8 Å². The number of amides is 1. The first-order valence-electron chi connectivity index (χ1n) is 10.3. The highest BCUT2D eigenvalue weighted by Gasteiger charge is 2.38. The fraction of sp³-hybridized carbons (Fsp3) is 0.400. The Morgan fingerprint density at radius 3 is 2.54 bits per heavy atom. The Morgan fingerprint density at radius 2 is 1.91 bits per heavy atom. The number of aliphatic carboxylic acids is 1. The molecule has 1 aliphatic rings. The quantitative estimate of drug-likeness (QED) is 0.423. The molecular weight excluding hydrogens is 473 g/mol. The molecule has 0 aromatic carbocycles. The summed E-state index contributed by atoms with van der Waals surface area (Å²) >= 11 is 0. The van der Waals surface area contributed by atoms with E-state index in [9.17, 15) is 23.1 Å². The third-order valence-electron chi connectivity index (χ3n) is 5.10. The SMILES string of the molecule is Cn1cc(NC(=O)c2ccc3cnc(N[C@@H]4CCCC[C@@H]4O)nn23)c(C#N)n1.O=C(O)C(F)(F)F. The minimum Gasteiger partial charge on any atom is -0.475 e. The van der Waals surface area contributed by atoms with Crippen LogP contribution in [0.2, 0.25) is 0 Å². The number of hydrogen-bond acceptors (Lipinski definition) is 8. The smallest absolute Gasteiger partial charge is 0.475 e. The van der Waals surface area contributed by atoms with Crippen molar-refractivity contribution < 1.29 is 33.0 Å². The van der Waals surface area contributed by atoms with Crippen LogP contribution in [0.25, 0.3) is 5.52 Å². The first kappa shape index (κ1) is 25.4. The number of aliphatic hydroxyl groups is 1. The number of nitriles is 1. The average Bonchev–Trinajstić information content (AvgIpc) is 3.37. The fourth-order valence-electron chi connectivity index (χ4n) is 3.43. The van der Waals surface area contributed by atoms with Gasteiger partial charge in [0.25, 0.3) is 5.91 Å². The molecule has 12 nitrogen and oxygen atoms in total. The second-order valence-electron chi connectivity index (χ2n) is 7.67. The molecule has 1 aliphatic carbocycles. The normalized spacial score (nSPS) is 17.7. The van der Waals surface area contributed by atoms with Gasteiger partial charge in [0, 0.05) is 13.2 Å². The molecule has 0 spiro atoms. The molecule has 4 N–H and O–H groups in total. The van der Waals surface area contributed by atoms with Crippen LogP contribution in [0, 0.1) is 11.3 Å². The summed E-state index contributed by atoms with van der Waals surface area (Å²) in [4.78, 5) is 25.9. The number of aryl methyl sites for hydroxylation is 1. The molecule has 0 unspecified atom stereocenters. The number of alkyl halides is 3. The van der Waals surface area contributed by atoms with E-state index in [1.54, 1.807) is 31.6 Å². The Labute approximate surface area is 196 Å². The van der Waals surface area contributed by atoms with Gasteiger partial charge in [0.05, 0.1) is 29.5 Å². The maximum Gasteiger partial charge on any atom is 0.490 e. The molecule has 2 atom stereocenters. The molecule has 15 heteroatoms. The number of nitrogens with one attached hydrogen (secondary N) is 2. The predicted molar refractivity (Wildman–Crippen MR) is 114 cm³/mol. The summed E-state index contributed by atoms with van der Waals surface area (Å²) in [5, 5.41) is 40.7. The van der Waals surface area contributed by atoms with Gasteiger partial charge in [-0.05, 0) is 25.0 Å². The van der Waals surface area contributed by atoms with E-state index in [0.717, 1.165) is 25.7 Å². The van der Waals surface area contributed by atoms with Crippen molar-refractivity contribution in [2.45, 2.75) is 44.0 Å². The third kappa shape index (κ3) is 6.23. The third-order valence-corrected chi connectivity index (χ3v) is 5.10. The van der Waals surface area contributed by atoms with Crippen molar-refractivity contribution in [1.82, 2.24) is 24.4 Å². The molecule has 0 saturated heterocycles. The monoisotopic (exact) mass is 494 g/mol. The van der Waals surface area contributed by atoms with E-state index >= 15 is 0 Å². The molecule has 4 rings (SSSR count). The summed E-state index contributed by atoms with van der Waals surface area (Å²) in [6, 6.07) is 5.22. The molecule has 186 valence electrons. The molecule has 3 aromatic rings. The van der Waals surface area contributed by atoms with Crippen LogP contribution >= 0.6 is 0 Å². The van der Waals surface area contributed by atoms with Crippen molar-refractivity contribution in [2.75, 3.05) is 10.6 Å². The lowest BCUT2D eigenvalue weighted by molar-refractivity contribution is -0.192. The van der Waals surface area contributed by atoms with Gasteiger partial charge in [0.2, 0.25) is 5.95 Å². The van der Waals surface area contributed by atoms with Crippen LogP contribution in [0.3, 0.4) is 0 Å². The van der Waals surface area contributed by atoms with E-state index < -0.39 is 24.2 Å². The summed E-state index contributed by atoms with van der Waals surface area (Å²) in [5.41, 5.74) is 1.44. The van der Waals surface area contributed by atoms with Crippen LogP contribution in [0.15, 0.2) is 24.5 Å². The number of carbonyl (C=O) groups excluding carboxylic acids is 1. The second kappa shape index (κ2) is 10.4. The number of aliphatic hydroxyl groups excluding tert-OH is 1. The number of carbonyl (C=O) groups is 2. The van der Waals surface area contributed by atoms with E-state index in [-0.39, 0.29) is 11.7 Å². The summed E-state index contributed by atoms with van der Waals surface area (Å²) in [5.74, 6) is -2.82. The van der Waals surface area contributed by atoms with Crippen LogP contribution in [-0.2, 0) is 11.8 Å². The maximum absolute atomic E-state index is 12.7. The molecule has 0 radical (unpaired) electrons. The highest BCUT2D eigenvalue weighted by molar-refractivity contribution is 6.04. The van der Waals surface area contributed by atoms with Crippen LogP contribution in [0.5, 0.6) is 0 Å². The molecule has 1 amide bonds. The summed E-state index contributed by atoms with van der Waals surface area (Å²) in [6.45, 7) is 0. The van der Waals surface area contributed by atoms with Crippen molar-refractivity contribution in [3.05, 3.63) is 35.9 Å². The van der Waals surface area contributed by atoms with Crippen molar-refractivity contribution in [1.29, 1.82) is 5.26 Å². The van der Waals surface area contributed by atoms with E-state index in [1.165, 1.54) is 9.20 Å². The van der Waals surface area contributed by atoms with Gasteiger partial charge in [-0.3, -0.25) is 9.48 Å². The molecule has 1 saturated carbocycles. The maximum atomic E-state index is 12.7. The van der Waals surface area contributed by atoms with Gasteiger partial charge in [-0.1, -0.05) is 12.8 Å². The number of hydrogen-bond donors (Lipinski definition) is 4. The Hall–Kier alpha value is -4.19. The number of anilines is 2. The lowest BCUT2D eigenvalue weighted by atomic mass is 9.93. The van der Waals surface area contributed by atoms with Crippen molar-refractivity contribution in [3.63, 3.8) is 0 Å². The van der Waals surface area contributed by atoms with Crippen LogP contribution in [-0.4, -0.2) is 64.8 Å². The molecule has 3 heterocycles. The summed E-state index contributed by atoms with van der Waals surface area (Å²) in [6.07, 6.45) is 1.32. The highest BCUT2D eigenvalue weighted by atomic mass is 19.4. The lowest BCUT2D eigenvalue weighted by Gasteiger charge is -2.28. The highest BCUT2D eigenvalue weighted by Crippen LogP contribution is 2.21. The number of aromatic nitrogens is 5. The second-order valence-corrected chi connectivity index (χ2v) is 7.67. The number of nitrogens with zero attached hydrogens (tertiary/aromatic N) is 6. The molecule has 35 heavy (non-hydrogen) atoms. The van der Waals surface area contributed by atoms with E-state index in [0.29, 0.717) is 22.8 Å². The fourth-order valence-corrected chi connectivity index (χ4v) is 3.43. The average molecular weight is 494 g/mol. The minimum atomic E-state index is -5.08. The number of fused-ring (bicyclic) bond motifs is 1. The van der Waals surface area contributed by atoms with E-state index in [1.807, 2.05) is 6.07 Å². The van der Waals surface area contributed by atoms with Crippen molar-refractivity contribution in [2.24, 2.45) is 7.05 Å². The van der Waals surface area contributed by atoms with Crippen molar-refractivity contribution >= 4 is 29.0 Å². The Morgan fingerprint density at radius 1 is 1.23 bits per heavy atom. The Kier molecular flexibility index (Phi) is 7.55. The zero-order chi connectivity index (χ0) is 25.8. The van der Waals surface area contributed by atoms with Crippen molar-refractivity contribution in [3.8, 4) is 6.07 Å². The van der Waals surface area contributed by atoms with Crippen LogP contribution in [0.4, 0.5) is 24.8 Å². The lowest BCUT2D eigenvalue weighted by Crippen LogP contribution is -2.37. The summed E-state index contributed by atoms with van der Waals surface area (Å²) < 4.78 is 34.7. The standard InChI is InChI=1S/C18H20N8O2.C2HF3O2/c1-25-10-14(13(8-19)23-25)21-17(28)15-7-6-11-9-20-18(24-26(11)15)22-12-4-2-3-5-16(12)27;3-2(4,5)1(6)7/h6-7,9-10,12,16,27H,2-5H2,1H3,(H,21,28)(H,22,24);(H,6,7)/t12-,16+;/m1./s1. The van der Waals surface area contributed by atoms with Gasteiger partial charge in [-0.15, -0.1) is 5.10 Å². The van der Waals surface area contributed by atoms with Crippen LogP contribution in [0.1, 0.15) is 41.9 Å². The summed E-state index contributed by atoms with van der Waals surface area (Å²) in [7, 11) is 1.67. The number of carboxylic acid groups (broad SMARTS) is 1. The van der Waals surface area contributed by atoms with E-state index in [2.05, 4.69) is 25.8 Å². The molecule has 1 fully saturated rings. The molecule has 0 bridgehead atoms. The number of carboxylic acids is 1. The zero-order valence-corrected chi connectivity index (χ0v) is 18.3. The van der Waals surface area contributed by atoms with Gasteiger partial charge >= 0.3 is 12.1 Å². The Bertz CT molecular complexity index is 1260. The Balaban J connectivity index is 0.000000429. The van der Waals surface area contributed by atoms with Crippen LogP contribution < -0.4 is 10.6 Å². The van der Waals surface area contributed by atoms with Gasteiger partial charge in [0.15, 0.2) is 5.69 Å². The van der Waals surface area contributed by atoms with Gasteiger partial charge in [-0.25, -0.2) is 14.3 Å². The van der Waals surface area contributed by atoms with Gasteiger partial charge in [-0.2, -0.15) is 23.5 Å². The van der Waals surface area contributed by atoms with E-state index in [4.69, 9.17) is 15.2 Å².